The van der Waals surface area contributed by atoms with Crippen molar-refractivity contribution in [3.63, 3.8) is 0 Å². The van der Waals surface area contributed by atoms with Gasteiger partial charge in [0.05, 0.1) is 22.1 Å². The van der Waals surface area contributed by atoms with Crippen LogP contribution in [0.1, 0.15) is 37.6 Å². The number of hydrogen-bond acceptors (Lipinski definition) is 6. The molecule has 3 heterocycles. The van der Waals surface area contributed by atoms with E-state index in [9.17, 15) is 8.42 Å². The monoisotopic (exact) mass is 368 g/mol. The number of nitrogens with zero attached hydrogens (tertiary/aromatic N) is 2. The maximum absolute atomic E-state index is 11.8. The molecule has 1 aliphatic heterocycles. The van der Waals surface area contributed by atoms with Crippen LogP contribution in [0, 0.1) is 6.92 Å². The number of rotatable bonds is 7. The van der Waals surface area contributed by atoms with Crippen molar-refractivity contribution < 1.29 is 12.8 Å². The largest absolute Gasteiger partial charge is 0.440 e. The summed E-state index contributed by atoms with van der Waals surface area (Å²) < 4.78 is 29.5. The van der Waals surface area contributed by atoms with E-state index >= 15 is 0 Å². The Bertz CT molecular complexity index is 766. The molecule has 2 aromatic heterocycles. The van der Waals surface area contributed by atoms with E-state index in [4.69, 9.17) is 4.42 Å². The van der Waals surface area contributed by atoms with Gasteiger partial charge in [-0.15, -0.1) is 11.3 Å². The zero-order chi connectivity index (χ0) is 17.2. The molecule has 1 fully saturated rings. The van der Waals surface area contributed by atoms with E-state index in [0.29, 0.717) is 18.2 Å². The van der Waals surface area contributed by atoms with Gasteiger partial charge < -0.3 is 4.42 Å². The van der Waals surface area contributed by atoms with Gasteiger partial charge in [-0.3, -0.25) is 4.90 Å². The highest BCUT2D eigenvalue weighted by atomic mass is 32.2. The molecule has 132 valence electrons. The average molecular weight is 369 g/mol. The quantitative estimate of drug-likeness (QED) is 0.748. The van der Waals surface area contributed by atoms with Crippen molar-refractivity contribution in [1.29, 1.82) is 0 Å². The molecule has 0 bridgehead atoms. The zero-order valence-corrected chi connectivity index (χ0v) is 15.8. The fraction of sp³-hybridized carbons (Fsp3) is 0.588. The number of sulfone groups is 1. The van der Waals surface area contributed by atoms with Crippen molar-refractivity contribution >= 4 is 21.2 Å². The highest BCUT2D eigenvalue weighted by Gasteiger charge is 2.32. The number of unbranched alkanes of at least 4 members (excludes halogenated alkanes) is 1. The maximum atomic E-state index is 11.8. The van der Waals surface area contributed by atoms with E-state index in [1.165, 1.54) is 0 Å². The summed E-state index contributed by atoms with van der Waals surface area (Å²) in [5.41, 5.74) is 0.916. The van der Waals surface area contributed by atoms with Crippen LogP contribution in [0.5, 0.6) is 0 Å². The Morgan fingerprint density at radius 2 is 2.29 bits per heavy atom. The summed E-state index contributed by atoms with van der Waals surface area (Å²) in [7, 11) is -2.88. The maximum Gasteiger partial charge on any atom is 0.236 e. The molecule has 7 heteroatoms. The highest BCUT2D eigenvalue weighted by Crippen LogP contribution is 2.27. The Labute approximate surface area is 147 Å². The standard InChI is InChI=1S/C17H24N2O3S2/c1-3-4-8-19(14-7-10-24(20,21)12-14)11-15-13(2)22-17(18-15)16-6-5-9-23-16/h5-6,9,14H,3-4,7-8,10-12H2,1-2H3. The van der Waals surface area contributed by atoms with Gasteiger partial charge in [0.25, 0.3) is 0 Å². The van der Waals surface area contributed by atoms with Gasteiger partial charge in [0.15, 0.2) is 9.84 Å². The molecule has 0 spiro atoms. The van der Waals surface area contributed by atoms with Crippen molar-refractivity contribution in [1.82, 2.24) is 9.88 Å². The topological polar surface area (TPSA) is 63.4 Å². The number of thiophene rings is 1. The fourth-order valence-electron chi connectivity index (χ4n) is 3.09. The molecule has 0 amide bonds. The van der Waals surface area contributed by atoms with Crippen molar-refractivity contribution in [2.45, 2.75) is 45.7 Å². The second kappa shape index (κ2) is 7.37. The van der Waals surface area contributed by atoms with Crippen LogP contribution in [-0.4, -0.2) is 42.4 Å². The molecular weight excluding hydrogens is 344 g/mol. The molecule has 0 radical (unpaired) electrons. The highest BCUT2D eigenvalue weighted by molar-refractivity contribution is 7.91. The minimum atomic E-state index is -2.88. The van der Waals surface area contributed by atoms with Gasteiger partial charge >= 0.3 is 0 Å². The van der Waals surface area contributed by atoms with E-state index in [0.717, 1.165) is 42.1 Å². The summed E-state index contributed by atoms with van der Waals surface area (Å²) in [5, 5.41) is 2.01. The van der Waals surface area contributed by atoms with Crippen LogP contribution < -0.4 is 0 Å². The summed E-state index contributed by atoms with van der Waals surface area (Å²) >= 11 is 1.61. The average Bonchev–Trinajstić information content (AvgIpc) is 3.24. The van der Waals surface area contributed by atoms with E-state index in [2.05, 4.69) is 16.8 Å². The Balaban J connectivity index is 1.77. The zero-order valence-electron chi connectivity index (χ0n) is 14.2. The van der Waals surface area contributed by atoms with Crippen LogP contribution in [0.4, 0.5) is 0 Å². The third kappa shape index (κ3) is 4.07. The van der Waals surface area contributed by atoms with E-state index < -0.39 is 9.84 Å². The predicted octanol–water partition coefficient (Wildman–Crippen LogP) is 3.50. The van der Waals surface area contributed by atoms with Crippen LogP contribution in [0.3, 0.4) is 0 Å². The van der Waals surface area contributed by atoms with Crippen LogP contribution in [0.25, 0.3) is 10.8 Å². The second-order valence-electron chi connectivity index (χ2n) is 6.38. The van der Waals surface area contributed by atoms with Gasteiger partial charge in [0.2, 0.25) is 5.89 Å². The Hall–Kier alpha value is -1.18. The minimum Gasteiger partial charge on any atom is -0.440 e. The summed E-state index contributed by atoms with van der Waals surface area (Å²) in [6, 6.07) is 4.08. The van der Waals surface area contributed by atoms with Gasteiger partial charge in [-0.25, -0.2) is 13.4 Å². The van der Waals surface area contributed by atoms with Gasteiger partial charge in [-0.1, -0.05) is 19.4 Å². The van der Waals surface area contributed by atoms with Gasteiger partial charge in [-0.2, -0.15) is 0 Å². The van der Waals surface area contributed by atoms with Gasteiger partial charge in [0.1, 0.15) is 5.76 Å². The summed E-state index contributed by atoms with van der Waals surface area (Å²) in [4.78, 5) is 7.96. The Morgan fingerprint density at radius 3 is 2.92 bits per heavy atom. The van der Waals surface area contributed by atoms with Crippen molar-refractivity contribution in [2.24, 2.45) is 0 Å². The third-order valence-electron chi connectivity index (χ3n) is 4.50. The first-order chi connectivity index (χ1) is 11.5. The molecule has 2 aromatic rings. The first-order valence-corrected chi connectivity index (χ1v) is 11.1. The fourth-order valence-corrected chi connectivity index (χ4v) is 5.50. The molecule has 3 rings (SSSR count). The Kier molecular flexibility index (Phi) is 5.42. The van der Waals surface area contributed by atoms with E-state index in [1.54, 1.807) is 11.3 Å². The number of hydrogen-bond donors (Lipinski definition) is 0. The number of aryl methyl sites for hydroxylation is 1. The third-order valence-corrected chi connectivity index (χ3v) is 7.11. The van der Waals surface area contributed by atoms with Crippen molar-refractivity contribution in [3.8, 4) is 10.8 Å². The van der Waals surface area contributed by atoms with E-state index in [-0.39, 0.29) is 11.8 Å². The molecule has 1 unspecified atom stereocenters. The normalized spacial score (nSPS) is 20.0. The van der Waals surface area contributed by atoms with Gasteiger partial charge in [0, 0.05) is 12.6 Å². The lowest BCUT2D eigenvalue weighted by Gasteiger charge is -2.27. The van der Waals surface area contributed by atoms with Crippen LogP contribution in [0.2, 0.25) is 0 Å². The molecular formula is C17H24N2O3S2. The van der Waals surface area contributed by atoms with Crippen LogP contribution in [-0.2, 0) is 16.4 Å². The SMILES string of the molecule is CCCCN(Cc1nc(-c2cccs2)oc1C)C1CCS(=O)(=O)C1. The molecule has 1 saturated heterocycles. The second-order valence-corrected chi connectivity index (χ2v) is 9.56. The van der Waals surface area contributed by atoms with Gasteiger partial charge in [-0.05, 0) is 37.8 Å². The van der Waals surface area contributed by atoms with Crippen molar-refractivity contribution in [2.75, 3.05) is 18.1 Å². The number of aromatic nitrogens is 1. The summed E-state index contributed by atoms with van der Waals surface area (Å²) in [6.45, 7) is 5.64. The molecule has 24 heavy (non-hydrogen) atoms. The molecule has 0 aromatic carbocycles. The first-order valence-electron chi connectivity index (χ1n) is 8.43. The molecule has 0 saturated carbocycles. The number of oxazole rings is 1. The lowest BCUT2D eigenvalue weighted by molar-refractivity contribution is 0.197. The van der Waals surface area contributed by atoms with Crippen molar-refractivity contribution in [3.05, 3.63) is 29.0 Å². The Morgan fingerprint density at radius 1 is 1.46 bits per heavy atom. The minimum absolute atomic E-state index is 0.0998. The molecule has 1 atom stereocenters. The summed E-state index contributed by atoms with van der Waals surface area (Å²) in [6.07, 6.45) is 2.88. The lowest BCUT2D eigenvalue weighted by Crippen LogP contribution is -2.36. The van der Waals surface area contributed by atoms with Crippen LogP contribution in [0.15, 0.2) is 21.9 Å². The summed E-state index contributed by atoms with van der Waals surface area (Å²) in [5.74, 6) is 2.05. The molecule has 5 nitrogen and oxygen atoms in total. The lowest BCUT2D eigenvalue weighted by atomic mass is 10.2. The molecule has 0 aliphatic carbocycles. The molecule has 0 N–H and O–H groups in total. The first kappa shape index (κ1) is 17.6. The van der Waals surface area contributed by atoms with E-state index in [1.807, 2.05) is 24.4 Å². The predicted molar refractivity (Wildman–Crippen MR) is 96.9 cm³/mol. The smallest absolute Gasteiger partial charge is 0.236 e. The molecule has 1 aliphatic rings. The van der Waals surface area contributed by atoms with Crippen LogP contribution >= 0.6 is 11.3 Å².